The maximum atomic E-state index is 10.4. The number of hydrogen-bond donors (Lipinski definition) is 0. The molecule has 0 aliphatic rings. The minimum absolute atomic E-state index is 0.418. The van der Waals surface area contributed by atoms with Gasteiger partial charge in [-0.2, -0.15) is 9.90 Å². The van der Waals surface area contributed by atoms with Gasteiger partial charge in [0, 0.05) is 6.20 Å². The molecule has 7 heteroatoms. The van der Waals surface area contributed by atoms with Crippen molar-refractivity contribution in [3.05, 3.63) is 23.8 Å². The lowest BCUT2D eigenvalue weighted by Gasteiger charge is -1.93. The van der Waals surface area contributed by atoms with Gasteiger partial charge in [-0.3, -0.25) is 9.48 Å². The molecule has 0 saturated carbocycles. The van der Waals surface area contributed by atoms with Crippen LogP contribution in [0.1, 0.15) is 16.2 Å². The molecule has 0 aliphatic carbocycles. The molecule has 0 spiro atoms. The van der Waals surface area contributed by atoms with Gasteiger partial charge >= 0.3 is 0 Å². The molecule has 14 heavy (non-hydrogen) atoms. The fourth-order valence-corrected chi connectivity index (χ4v) is 1.06. The van der Waals surface area contributed by atoms with Gasteiger partial charge in [-0.05, 0) is 5.21 Å². The molecule has 2 aromatic rings. The number of rotatable bonds is 3. The molecule has 0 N–H and O–H groups in total. The third-order valence-electron chi connectivity index (χ3n) is 1.64. The Morgan fingerprint density at radius 2 is 2.43 bits per heavy atom. The van der Waals surface area contributed by atoms with E-state index in [1.165, 1.54) is 11.0 Å². The molecule has 0 unspecified atom stereocenters. The standard InChI is InChI=1S/C7H8N6O/c1-12-10-7(9-11-12)4-13-3-6(5-14)2-8-13/h2-3,5H,4H2,1H3. The third kappa shape index (κ3) is 1.65. The number of aldehydes is 1. The summed E-state index contributed by atoms with van der Waals surface area (Å²) in [6.07, 6.45) is 3.86. The van der Waals surface area contributed by atoms with E-state index >= 15 is 0 Å². The molecule has 0 fully saturated rings. The minimum Gasteiger partial charge on any atom is -0.298 e. The van der Waals surface area contributed by atoms with Crippen molar-refractivity contribution in [1.82, 2.24) is 30.0 Å². The molecule has 0 aromatic carbocycles. The fraction of sp³-hybridized carbons (Fsp3) is 0.286. The van der Waals surface area contributed by atoms with Crippen LogP contribution in [0.5, 0.6) is 0 Å². The summed E-state index contributed by atoms with van der Waals surface area (Å²) in [5.41, 5.74) is 0.536. The number of aromatic nitrogens is 6. The van der Waals surface area contributed by atoms with Crippen LogP contribution in [0.25, 0.3) is 0 Å². The fourth-order valence-electron chi connectivity index (χ4n) is 1.06. The van der Waals surface area contributed by atoms with Gasteiger partial charge in [-0.15, -0.1) is 10.2 Å². The van der Waals surface area contributed by atoms with Crippen molar-refractivity contribution in [3.63, 3.8) is 0 Å². The highest BCUT2D eigenvalue weighted by Gasteiger charge is 2.02. The second-order valence-electron chi connectivity index (χ2n) is 2.78. The van der Waals surface area contributed by atoms with Crippen molar-refractivity contribution in [2.24, 2.45) is 7.05 Å². The van der Waals surface area contributed by atoms with Gasteiger partial charge in [0.1, 0.15) is 6.54 Å². The first-order valence-electron chi connectivity index (χ1n) is 3.98. The number of tetrazole rings is 1. The smallest absolute Gasteiger partial charge is 0.196 e. The Morgan fingerprint density at radius 1 is 1.57 bits per heavy atom. The predicted molar refractivity (Wildman–Crippen MR) is 45.5 cm³/mol. The van der Waals surface area contributed by atoms with E-state index in [-0.39, 0.29) is 0 Å². The Kier molecular flexibility index (Phi) is 2.05. The van der Waals surface area contributed by atoms with Crippen molar-refractivity contribution in [3.8, 4) is 0 Å². The maximum absolute atomic E-state index is 10.4. The zero-order valence-electron chi connectivity index (χ0n) is 7.53. The Labute approximate surface area is 79.3 Å². The van der Waals surface area contributed by atoms with Gasteiger partial charge in [0.2, 0.25) is 0 Å². The van der Waals surface area contributed by atoms with Gasteiger partial charge in [0.05, 0.1) is 18.8 Å². The summed E-state index contributed by atoms with van der Waals surface area (Å²) in [6.45, 7) is 0.418. The number of carbonyl (C=O) groups is 1. The van der Waals surface area contributed by atoms with Crippen molar-refractivity contribution >= 4 is 6.29 Å². The van der Waals surface area contributed by atoms with Gasteiger partial charge in [-0.25, -0.2) is 0 Å². The zero-order valence-corrected chi connectivity index (χ0v) is 7.53. The van der Waals surface area contributed by atoms with E-state index in [2.05, 4.69) is 20.5 Å². The normalized spacial score (nSPS) is 10.4. The van der Waals surface area contributed by atoms with Gasteiger partial charge in [0.25, 0.3) is 0 Å². The monoisotopic (exact) mass is 192 g/mol. The van der Waals surface area contributed by atoms with Crippen LogP contribution in [0.4, 0.5) is 0 Å². The highest BCUT2D eigenvalue weighted by atomic mass is 16.1. The number of nitrogens with zero attached hydrogens (tertiary/aromatic N) is 6. The van der Waals surface area contributed by atoms with Gasteiger partial charge < -0.3 is 0 Å². The van der Waals surface area contributed by atoms with Crippen LogP contribution in [0.2, 0.25) is 0 Å². The molecule has 0 aliphatic heterocycles. The van der Waals surface area contributed by atoms with Crippen LogP contribution in [-0.2, 0) is 13.6 Å². The molecule has 0 saturated heterocycles. The quantitative estimate of drug-likeness (QED) is 0.599. The van der Waals surface area contributed by atoms with Gasteiger partial charge in [0.15, 0.2) is 12.1 Å². The van der Waals surface area contributed by atoms with Crippen molar-refractivity contribution < 1.29 is 4.79 Å². The minimum atomic E-state index is 0.418. The third-order valence-corrected chi connectivity index (χ3v) is 1.64. The first kappa shape index (κ1) is 8.54. The number of hydrogen-bond acceptors (Lipinski definition) is 5. The van der Waals surface area contributed by atoms with E-state index in [9.17, 15) is 4.79 Å². The van der Waals surface area contributed by atoms with Crippen molar-refractivity contribution in [1.29, 1.82) is 0 Å². The summed E-state index contributed by atoms with van der Waals surface area (Å²) in [5, 5.41) is 15.4. The molecule has 2 aromatic heterocycles. The molecule has 7 nitrogen and oxygen atoms in total. The summed E-state index contributed by atoms with van der Waals surface area (Å²) in [4.78, 5) is 11.7. The summed E-state index contributed by atoms with van der Waals surface area (Å²) >= 11 is 0. The average molecular weight is 192 g/mol. The van der Waals surface area contributed by atoms with Crippen LogP contribution in [0.3, 0.4) is 0 Å². The molecule has 0 atom stereocenters. The summed E-state index contributed by atoms with van der Waals surface area (Å²) in [5.74, 6) is 0.563. The predicted octanol–water partition coefficient (Wildman–Crippen LogP) is -0.733. The highest BCUT2D eigenvalue weighted by Crippen LogP contribution is 1.96. The Hall–Kier alpha value is -2.05. The van der Waals surface area contributed by atoms with Crippen LogP contribution in [-0.4, -0.2) is 36.3 Å². The largest absolute Gasteiger partial charge is 0.298 e. The van der Waals surface area contributed by atoms with Crippen LogP contribution >= 0.6 is 0 Å². The Morgan fingerprint density at radius 3 is 3.00 bits per heavy atom. The SMILES string of the molecule is Cn1nnc(Cn2cc(C=O)cn2)n1. The first-order valence-corrected chi connectivity index (χ1v) is 3.98. The summed E-state index contributed by atoms with van der Waals surface area (Å²) in [7, 11) is 1.69. The second-order valence-corrected chi connectivity index (χ2v) is 2.78. The molecule has 0 bridgehead atoms. The molecule has 2 rings (SSSR count). The number of carbonyl (C=O) groups excluding carboxylic acids is 1. The lowest BCUT2D eigenvalue weighted by Crippen LogP contribution is -2.02. The second kappa shape index (κ2) is 3.36. The maximum Gasteiger partial charge on any atom is 0.196 e. The average Bonchev–Trinajstić information content (AvgIpc) is 2.76. The van der Waals surface area contributed by atoms with E-state index in [0.29, 0.717) is 17.9 Å². The summed E-state index contributed by atoms with van der Waals surface area (Å²) in [6, 6.07) is 0. The van der Waals surface area contributed by atoms with Crippen molar-refractivity contribution in [2.75, 3.05) is 0 Å². The molecular formula is C7H8N6O. The van der Waals surface area contributed by atoms with Crippen LogP contribution in [0.15, 0.2) is 12.4 Å². The van der Waals surface area contributed by atoms with Crippen LogP contribution < -0.4 is 0 Å². The first-order chi connectivity index (χ1) is 6.78. The Bertz CT molecular complexity index is 444. The molecule has 2 heterocycles. The molecule has 0 amide bonds. The highest BCUT2D eigenvalue weighted by molar-refractivity contribution is 5.73. The van der Waals surface area contributed by atoms with E-state index in [1.807, 2.05) is 0 Å². The van der Waals surface area contributed by atoms with E-state index < -0.39 is 0 Å². The van der Waals surface area contributed by atoms with Gasteiger partial charge in [-0.1, -0.05) is 0 Å². The van der Waals surface area contributed by atoms with Crippen molar-refractivity contribution in [2.45, 2.75) is 6.54 Å². The van der Waals surface area contributed by atoms with E-state index in [4.69, 9.17) is 0 Å². The lowest BCUT2D eigenvalue weighted by molar-refractivity contribution is 0.112. The molecule has 0 radical (unpaired) electrons. The van der Waals surface area contributed by atoms with E-state index in [0.717, 1.165) is 6.29 Å². The Balaban J connectivity index is 2.14. The molecule has 72 valence electrons. The lowest BCUT2D eigenvalue weighted by atomic mass is 10.4. The topological polar surface area (TPSA) is 78.5 Å². The summed E-state index contributed by atoms with van der Waals surface area (Å²) < 4.78 is 1.58. The van der Waals surface area contributed by atoms with E-state index in [1.54, 1.807) is 17.9 Å². The zero-order chi connectivity index (χ0) is 9.97. The molecular weight excluding hydrogens is 184 g/mol. The number of aryl methyl sites for hydroxylation is 1. The van der Waals surface area contributed by atoms with Crippen LogP contribution in [0, 0.1) is 0 Å².